The molecule has 0 spiro atoms. The smallest absolute Gasteiger partial charge is 0.325 e. The predicted octanol–water partition coefficient (Wildman–Crippen LogP) is 3.88. The summed E-state index contributed by atoms with van der Waals surface area (Å²) in [4.78, 5) is 13.2. The molecule has 118 valence electrons. The number of methoxy groups -OCH3 is 1. The van der Waals surface area contributed by atoms with Crippen molar-refractivity contribution in [3.05, 3.63) is 30.3 Å². The lowest BCUT2D eigenvalue weighted by atomic mass is 9.95. The summed E-state index contributed by atoms with van der Waals surface area (Å²) in [5.74, 6) is 0.918. The Morgan fingerprint density at radius 2 is 2.00 bits per heavy atom. The van der Waals surface area contributed by atoms with E-state index in [2.05, 4.69) is 36.5 Å². The Kier molecular flexibility index (Phi) is 8.47. The van der Waals surface area contributed by atoms with Gasteiger partial charge in [0.2, 0.25) is 0 Å². The van der Waals surface area contributed by atoms with Crippen molar-refractivity contribution in [1.29, 1.82) is 0 Å². The second-order valence-corrected chi connectivity index (χ2v) is 6.54. The molecule has 3 nitrogen and oxygen atoms in total. The number of unbranched alkanes of at least 4 members (excludes halogenated alkanes) is 1. The summed E-state index contributed by atoms with van der Waals surface area (Å²) < 4.78 is 4.93. The maximum atomic E-state index is 11.9. The maximum absolute atomic E-state index is 11.9. The van der Waals surface area contributed by atoms with Gasteiger partial charge in [-0.2, -0.15) is 0 Å². The molecular formula is C17H27NO2S. The highest BCUT2D eigenvalue weighted by atomic mass is 32.2. The Balaban J connectivity index is 2.31. The molecule has 0 aliphatic heterocycles. The molecule has 0 bridgehead atoms. The lowest BCUT2D eigenvalue weighted by Gasteiger charge is -2.28. The first-order valence-electron chi connectivity index (χ1n) is 7.63. The normalized spacial score (nSPS) is 13.7. The standard InChI is InChI=1S/C17H27NO2S/c1-4-13-18-17(2,16(19)20-3)12-8-9-14-21-15-10-6-5-7-11-15/h5-7,10-11,18H,4,8-9,12-14H2,1-3H3. The first-order valence-corrected chi connectivity index (χ1v) is 8.62. The average molecular weight is 309 g/mol. The van der Waals surface area contributed by atoms with E-state index in [4.69, 9.17) is 4.74 Å². The third-order valence-electron chi connectivity index (χ3n) is 3.48. The van der Waals surface area contributed by atoms with Gasteiger partial charge in [-0.1, -0.05) is 31.5 Å². The van der Waals surface area contributed by atoms with Gasteiger partial charge in [0.25, 0.3) is 0 Å². The van der Waals surface area contributed by atoms with Crippen molar-refractivity contribution in [2.24, 2.45) is 0 Å². The van der Waals surface area contributed by atoms with E-state index in [1.165, 1.54) is 12.0 Å². The minimum absolute atomic E-state index is 0.160. The van der Waals surface area contributed by atoms with Crippen molar-refractivity contribution in [2.45, 2.75) is 50.0 Å². The summed E-state index contributed by atoms with van der Waals surface area (Å²) in [6, 6.07) is 10.4. The molecule has 1 aromatic rings. The Bertz CT molecular complexity index is 411. The van der Waals surface area contributed by atoms with Crippen molar-refractivity contribution in [3.8, 4) is 0 Å². The Morgan fingerprint density at radius 1 is 1.29 bits per heavy atom. The van der Waals surface area contributed by atoms with E-state index in [0.29, 0.717) is 0 Å². The van der Waals surface area contributed by atoms with Crippen LogP contribution in [-0.2, 0) is 9.53 Å². The van der Waals surface area contributed by atoms with Crippen LogP contribution in [0.2, 0.25) is 0 Å². The SMILES string of the molecule is CCCNC(C)(CCCCSc1ccccc1)C(=O)OC. The molecule has 4 heteroatoms. The molecule has 0 saturated carbocycles. The number of esters is 1. The largest absolute Gasteiger partial charge is 0.468 e. The van der Waals surface area contributed by atoms with E-state index in [-0.39, 0.29) is 5.97 Å². The number of benzene rings is 1. The number of carbonyl (C=O) groups excluding carboxylic acids is 1. The molecule has 0 aromatic heterocycles. The van der Waals surface area contributed by atoms with Crippen LogP contribution in [0.1, 0.15) is 39.5 Å². The Labute approximate surface area is 132 Å². The second kappa shape index (κ2) is 9.85. The van der Waals surface area contributed by atoms with E-state index in [0.717, 1.165) is 38.0 Å². The average Bonchev–Trinajstić information content (AvgIpc) is 2.52. The van der Waals surface area contributed by atoms with Gasteiger partial charge in [-0.3, -0.25) is 4.79 Å². The van der Waals surface area contributed by atoms with Crippen LogP contribution in [0.25, 0.3) is 0 Å². The third-order valence-corrected chi connectivity index (χ3v) is 4.58. The number of hydrogen-bond donors (Lipinski definition) is 1. The van der Waals surface area contributed by atoms with Crippen LogP contribution in [0.15, 0.2) is 35.2 Å². The predicted molar refractivity (Wildman–Crippen MR) is 89.7 cm³/mol. The van der Waals surface area contributed by atoms with Crippen LogP contribution < -0.4 is 5.32 Å². The monoisotopic (exact) mass is 309 g/mol. The van der Waals surface area contributed by atoms with Gasteiger partial charge in [-0.05, 0) is 50.6 Å². The zero-order chi connectivity index (χ0) is 15.6. The first-order chi connectivity index (χ1) is 10.1. The van der Waals surface area contributed by atoms with Crippen LogP contribution in [0, 0.1) is 0 Å². The molecule has 1 unspecified atom stereocenters. The first kappa shape index (κ1) is 18.1. The lowest BCUT2D eigenvalue weighted by Crippen LogP contribution is -2.50. The van der Waals surface area contributed by atoms with Crippen molar-refractivity contribution in [1.82, 2.24) is 5.32 Å². The highest BCUT2D eigenvalue weighted by Gasteiger charge is 2.32. The number of hydrogen-bond acceptors (Lipinski definition) is 4. The highest BCUT2D eigenvalue weighted by Crippen LogP contribution is 2.21. The molecule has 0 heterocycles. The van der Waals surface area contributed by atoms with Crippen molar-refractivity contribution < 1.29 is 9.53 Å². The Hall–Kier alpha value is -1.00. The zero-order valence-corrected chi connectivity index (χ0v) is 14.2. The van der Waals surface area contributed by atoms with E-state index in [1.54, 1.807) is 0 Å². The summed E-state index contributed by atoms with van der Waals surface area (Å²) in [5.41, 5.74) is -0.553. The molecule has 1 rings (SSSR count). The van der Waals surface area contributed by atoms with E-state index < -0.39 is 5.54 Å². The minimum atomic E-state index is -0.553. The molecule has 0 amide bonds. The quantitative estimate of drug-likeness (QED) is 0.404. The summed E-state index contributed by atoms with van der Waals surface area (Å²) in [6.07, 6.45) is 3.94. The fraction of sp³-hybridized carbons (Fsp3) is 0.588. The summed E-state index contributed by atoms with van der Waals surface area (Å²) in [7, 11) is 1.46. The van der Waals surface area contributed by atoms with Gasteiger partial charge in [0, 0.05) is 4.90 Å². The fourth-order valence-corrected chi connectivity index (χ4v) is 3.11. The number of carbonyl (C=O) groups is 1. The molecule has 0 fully saturated rings. The van der Waals surface area contributed by atoms with E-state index >= 15 is 0 Å². The second-order valence-electron chi connectivity index (χ2n) is 5.37. The van der Waals surface area contributed by atoms with Crippen LogP contribution in [-0.4, -0.2) is 30.9 Å². The van der Waals surface area contributed by atoms with Crippen molar-refractivity contribution in [2.75, 3.05) is 19.4 Å². The third kappa shape index (κ3) is 6.53. The van der Waals surface area contributed by atoms with Crippen molar-refractivity contribution >= 4 is 17.7 Å². The molecule has 0 radical (unpaired) electrons. The summed E-state index contributed by atoms with van der Waals surface area (Å²) in [6.45, 7) is 4.88. The fourth-order valence-electron chi connectivity index (χ4n) is 2.18. The molecule has 21 heavy (non-hydrogen) atoms. The van der Waals surface area contributed by atoms with Crippen molar-refractivity contribution in [3.63, 3.8) is 0 Å². The summed E-state index contributed by atoms with van der Waals surface area (Å²) in [5, 5.41) is 3.32. The van der Waals surface area contributed by atoms with Gasteiger partial charge in [0.05, 0.1) is 7.11 Å². The highest BCUT2D eigenvalue weighted by molar-refractivity contribution is 7.99. The van der Waals surface area contributed by atoms with Crippen LogP contribution in [0.4, 0.5) is 0 Å². The number of thioether (sulfide) groups is 1. The van der Waals surface area contributed by atoms with Crippen LogP contribution >= 0.6 is 11.8 Å². The maximum Gasteiger partial charge on any atom is 0.325 e. The van der Waals surface area contributed by atoms with Gasteiger partial charge in [-0.25, -0.2) is 0 Å². The molecule has 1 aromatic carbocycles. The molecular weight excluding hydrogens is 282 g/mol. The van der Waals surface area contributed by atoms with Gasteiger partial charge < -0.3 is 10.1 Å². The summed E-state index contributed by atoms with van der Waals surface area (Å²) >= 11 is 1.87. The van der Waals surface area contributed by atoms with Gasteiger partial charge in [0.15, 0.2) is 0 Å². The lowest BCUT2D eigenvalue weighted by molar-refractivity contribution is -0.148. The molecule has 0 saturated heterocycles. The van der Waals surface area contributed by atoms with Gasteiger partial charge in [-0.15, -0.1) is 11.8 Å². The topological polar surface area (TPSA) is 38.3 Å². The van der Waals surface area contributed by atoms with Crippen LogP contribution in [0.3, 0.4) is 0 Å². The zero-order valence-electron chi connectivity index (χ0n) is 13.4. The number of ether oxygens (including phenoxy) is 1. The van der Waals surface area contributed by atoms with E-state index in [1.807, 2.05) is 24.8 Å². The molecule has 1 N–H and O–H groups in total. The number of nitrogens with one attached hydrogen (secondary N) is 1. The molecule has 0 aliphatic carbocycles. The van der Waals surface area contributed by atoms with Gasteiger partial charge in [0.1, 0.15) is 5.54 Å². The van der Waals surface area contributed by atoms with Gasteiger partial charge >= 0.3 is 5.97 Å². The number of rotatable bonds is 10. The Morgan fingerprint density at radius 3 is 2.62 bits per heavy atom. The minimum Gasteiger partial charge on any atom is -0.468 e. The molecule has 0 aliphatic rings. The van der Waals surface area contributed by atoms with Crippen LogP contribution in [0.5, 0.6) is 0 Å². The van der Waals surface area contributed by atoms with E-state index in [9.17, 15) is 4.79 Å². The molecule has 1 atom stereocenters.